The molecular formula is C7H11ClN4O2S. The number of halogens is 1. The van der Waals surface area contributed by atoms with E-state index in [1.54, 1.807) is 0 Å². The van der Waals surface area contributed by atoms with Crippen molar-refractivity contribution in [2.45, 2.75) is 18.6 Å². The van der Waals surface area contributed by atoms with Gasteiger partial charge in [-0.1, -0.05) is 0 Å². The molecule has 0 unspecified atom stereocenters. The number of nitrogens with zero attached hydrogens (tertiary/aromatic N) is 3. The molecule has 84 valence electrons. The molecule has 1 heterocycles. The van der Waals surface area contributed by atoms with Gasteiger partial charge < -0.3 is 5.73 Å². The molecule has 0 aromatic carbocycles. The molecule has 0 aliphatic rings. The van der Waals surface area contributed by atoms with Gasteiger partial charge in [-0.05, 0) is 25.4 Å². The third-order valence-electron chi connectivity index (χ3n) is 2.09. The van der Waals surface area contributed by atoms with E-state index >= 15 is 0 Å². The van der Waals surface area contributed by atoms with Gasteiger partial charge in [0, 0.05) is 6.26 Å². The molecule has 0 aliphatic carbocycles. The third-order valence-corrected chi connectivity index (χ3v) is 4.30. The molecule has 0 aliphatic heterocycles. The lowest BCUT2D eigenvalue weighted by molar-refractivity contribution is 0.549. The van der Waals surface area contributed by atoms with E-state index < -0.39 is 14.6 Å². The zero-order chi connectivity index (χ0) is 11.9. The Morgan fingerprint density at radius 2 is 1.80 bits per heavy atom. The first-order valence-corrected chi connectivity index (χ1v) is 6.28. The van der Waals surface area contributed by atoms with Crippen molar-refractivity contribution in [3.63, 3.8) is 0 Å². The summed E-state index contributed by atoms with van der Waals surface area (Å²) in [5.41, 5.74) is 5.36. The van der Waals surface area contributed by atoms with E-state index in [1.807, 2.05) is 0 Å². The highest BCUT2D eigenvalue weighted by Gasteiger charge is 2.36. The SMILES string of the molecule is CC(C)(c1nc(N)nc(Cl)n1)S(C)(=O)=O. The van der Waals surface area contributed by atoms with Gasteiger partial charge in [-0.15, -0.1) is 0 Å². The summed E-state index contributed by atoms with van der Waals surface area (Å²) in [4.78, 5) is 11.1. The minimum Gasteiger partial charge on any atom is -0.368 e. The number of nitrogens with two attached hydrogens (primary N) is 1. The second-order valence-electron chi connectivity index (χ2n) is 3.57. The van der Waals surface area contributed by atoms with E-state index in [2.05, 4.69) is 15.0 Å². The summed E-state index contributed by atoms with van der Waals surface area (Å²) in [5, 5.41) is -0.116. The predicted molar refractivity (Wildman–Crippen MR) is 57.1 cm³/mol. The van der Waals surface area contributed by atoms with Gasteiger partial charge in [-0.2, -0.15) is 9.97 Å². The fraction of sp³-hybridized carbons (Fsp3) is 0.571. The number of rotatable bonds is 2. The van der Waals surface area contributed by atoms with Crippen LogP contribution in [0.4, 0.5) is 5.95 Å². The number of anilines is 1. The molecule has 8 heteroatoms. The maximum atomic E-state index is 11.5. The zero-order valence-electron chi connectivity index (χ0n) is 8.52. The van der Waals surface area contributed by atoms with Crippen molar-refractivity contribution in [2.24, 2.45) is 0 Å². The third kappa shape index (κ3) is 2.35. The zero-order valence-corrected chi connectivity index (χ0v) is 10.1. The van der Waals surface area contributed by atoms with E-state index in [9.17, 15) is 8.42 Å². The summed E-state index contributed by atoms with van der Waals surface area (Å²) in [6.45, 7) is 2.96. The van der Waals surface area contributed by atoms with E-state index in [1.165, 1.54) is 13.8 Å². The Morgan fingerprint density at radius 1 is 1.27 bits per heavy atom. The van der Waals surface area contributed by atoms with Gasteiger partial charge in [0.1, 0.15) is 4.75 Å². The first-order valence-electron chi connectivity index (χ1n) is 4.02. The van der Waals surface area contributed by atoms with Gasteiger partial charge in [-0.25, -0.2) is 13.4 Å². The summed E-state index contributed by atoms with van der Waals surface area (Å²) in [6, 6.07) is 0. The molecule has 0 bridgehead atoms. The molecule has 0 fully saturated rings. The molecule has 15 heavy (non-hydrogen) atoms. The number of sulfone groups is 1. The smallest absolute Gasteiger partial charge is 0.227 e. The van der Waals surface area contributed by atoms with Crippen molar-refractivity contribution >= 4 is 27.4 Å². The first kappa shape index (κ1) is 12.1. The maximum Gasteiger partial charge on any atom is 0.227 e. The highest BCUT2D eigenvalue weighted by atomic mass is 35.5. The second kappa shape index (κ2) is 3.57. The van der Waals surface area contributed by atoms with Crippen molar-refractivity contribution in [3.05, 3.63) is 11.1 Å². The summed E-state index contributed by atoms with van der Waals surface area (Å²) in [7, 11) is -3.36. The number of nitrogen functional groups attached to an aromatic ring is 1. The van der Waals surface area contributed by atoms with Crippen LogP contribution >= 0.6 is 11.6 Å². The fourth-order valence-corrected chi connectivity index (χ4v) is 1.39. The average Bonchev–Trinajstić information content (AvgIpc) is 1.99. The van der Waals surface area contributed by atoms with Crippen molar-refractivity contribution in [3.8, 4) is 0 Å². The standard InChI is InChI=1S/C7H11ClN4O2S/c1-7(2,15(3,13)14)4-10-5(8)12-6(9)11-4/h1-3H3,(H2,9,10,11,12). The predicted octanol–water partition coefficient (Wildman–Crippen LogP) is 0.387. The van der Waals surface area contributed by atoms with E-state index in [0.717, 1.165) is 6.26 Å². The maximum absolute atomic E-state index is 11.5. The van der Waals surface area contributed by atoms with Crippen molar-refractivity contribution < 1.29 is 8.42 Å². The normalized spacial score (nSPS) is 12.8. The molecule has 0 spiro atoms. The molecule has 1 aromatic rings. The molecule has 0 radical (unpaired) electrons. The van der Waals surface area contributed by atoms with Gasteiger partial charge >= 0.3 is 0 Å². The van der Waals surface area contributed by atoms with E-state index in [-0.39, 0.29) is 17.1 Å². The van der Waals surface area contributed by atoms with Crippen LogP contribution in [0.1, 0.15) is 19.7 Å². The Kier molecular flexibility index (Phi) is 2.88. The van der Waals surface area contributed by atoms with Crippen molar-refractivity contribution in [2.75, 3.05) is 12.0 Å². The number of hydrogen-bond acceptors (Lipinski definition) is 6. The van der Waals surface area contributed by atoms with E-state index in [0.29, 0.717) is 0 Å². The Hall–Kier alpha value is -0.950. The van der Waals surface area contributed by atoms with Gasteiger partial charge in [-0.3, -0.25) is 0 Å². The largest absolute Gasteiger partial charge is 0.368 e. The molecule has 0 saturated carbocycles. The Balaban J connectivity index is 3.40. The van der Waals surface area contributed by atoms with Crippen LogP contribution < -0.4 is 5.73 Å². The van der Waals surface area contributed by atoms with Crippen molar-refractivity contribution in [1.82, 2.24) is 15.0 Å². The summed E-state index contributed by atoms with van der Waals surface area (Å²) in [6.07, 6.45) is 1.10. The lowest BCUT2D eigenvalue weighted by Gasteiger charge is -2.20. The van der Waals surface area contributed by atoms with Crippen LogP contribution in [0.15, 0.2) is 0 Å². The molecule has 6 nitrogen and oxygen atoms in total. The van der Waals surface area contributed by atoms with Gasteiger partial charge in [0.25, 0.3) is 0 Å². The molecule has 1 aromatic heterocycles. The number of hydrogen-bond donors (Lipinski definition) is 1. The summed E-state index contributed by atoms with van der Waals surface area (Å²) >= 11 is 5.57. The van der Waals surface area contributed by atoms with Crippen LogP contribution in [-0.4, -0.2) is 29.6 Å². The van der Waals surface area contributed by atoms with Crippen LogP contribution in [0.2, 0.25) is 5.28 Å². The summed E-state index contributed by atoms with van der Waals surface area (Å²) < 4.78 is 21.7. The minimum atomic E-state index is -3.36. The minimum absolute atomic E-state index is 0.0440. The van der Waals surface area contributed by atoms with Crippen LogP contribution in [0.3, 0.4) is 0 Å². The van der Waals surface area contributed by atoms with Crippen LogP contribution in [0, 0.1) is 0 Å². The summed E-state index contributed by atoms with van der Waals surface area (Å²) in [5.74, 6) is -0.0516. The first-order chi connectivity index (χ1) is 6.64. The fourth-order valence-electron chi connectivity index (χ4n) is 0.800. The van der Waals surface area contributed by atoms with Gasteiger partial charge in [0.15, 0.2) is 15.7 Å². The molecule has 1 rings (SSSR count). The Labute approximate surface area is 92.8 Å². The molecule has 2 N–H and O–H groups in total. The molecule has 0 saturated heterocycles. The second-order valence-corrected chi connectivity index (χ2v) is 6.47. The van der Waals surface area contributed by atoms with Crippen molar-refractivity contribution in [1.29, 1.82) is 0 Å². The topological polar surface area (TPSA) is 98.8 Å². The lowest BCUT2D eigenvalue weighted by Crippen LogP contribution is -2.31. The van der Waals surface area contributed by atoms with Gasteiger partial charge in [0.05, 0.1) is 0 Å². The molecule has 0 amide bonds. The highest BCUT2D eigenvalue weighted by molar-refractivity contribution is 7.91. The highest BCUT2D eigenvalue weighted by Crippen LogP contribution is 2.26. The van der Waals surface area contributed by atoms with Crippen LogP contribution in [0.25, 0.3) is 0 Å². The molecule has 0 atom stereocenters. The number of aromatic nitrogens is 3. The lowest BCUT2D eigenvalue weighted by atomic mass is 10.2. The van der Waals surface area contributed by atoms with E-state index in [4.69, 9.17) is 17.3 Å². The Bertz CT molecular complexity index is 466. The van der Waals surface area contributed by atoms with Crippen LogP contribution in [-0.2, 0) is 14.6 Å². The molecular weight excluding hydrogens is 240 g/mol. The Morgan fingerprint density at radius 3 is 2.20 bits per heavy atom. The van der Waals surface area contributed by atoms with Gasteiger partial charge in [0.2, 0.25) is 11.2 Å². The monoisotopic (exact) mass is 250 g/mol. The van der Waals surface area contributed by atoms with Crippen LogP contribution in [0.5, 0.6) is 0 Å². The quantitative estimate of drug-likeness (QED) is 0.815. The average molecular weight is 251 g/mol.